The molecule has 326 valence electrons. The summed E-state index contributed by atoms with van der Waals surface area (Å²) in [6, 6.07) is 10.3. The fourth-order valence-electron chi connectivity index (χ4n) is 7.88. The van der Waals surface area contributed by atoms with Crippen LogP contribution in [0.4, 0.5) is 18.0 Å². The number of thioether (sulfide) groups is 1. The van der Waals surface area contributed by atoms with E-state index >= 15 is 8.78 Å². The summed E-state index contributed by atoms with van der Waals surface area (Å²) in [6.45, 7) is 2.05. The van der Waals surface area contributed by atoms with Crippen LogP contribution in [0.1, 0.15) is 50.0 Å². The molecule has 2 unspecified atom stereocenters. The third kappa shape index (κ3) is 11.1. The van der Waals surface area contributed by atoms with Gasteiger partial charge in [-0.1, -0.05) is 30.3 Å². The van der Waals surface area contributed by atoms with E-state index in [2.05, 4.69) is 16.0 Å². The summed E-state index contributed by atoms with van der Waals surface area (Å²) in [7, 11) is -4.88. The normalized spacial score (nSPS) is 21.5. The minimum Gasteiger partial charge on any atom is -0.381 e. The van der Waals surface area contributed by atoms with E-state index in [0.29, 0.717) is 31.9 Å². The van der Waals surface area contributed by atoms with Gasteiger partial charge in [0.25, 0.3) is 10.1 Å². The highest BCUT2D eigenvalue weighted by molar-refractivity contribution is 8.00. The topological polar surface area (TPSA) is 192 Å². The van der Waals surface area contributed by atoms with E-state index in [1.807, 2.05) is 30.3 Å². The molecule has 20 heteroatoms. The first-order valence-corrected chi connectivity index (χ1v) is 22.6. The van der Waals surface area contributed by atoms with E-state index in [9.17, 15) is 36.5 Å². The van der Waals surface area contributed by atoms with Crippen molar-refractivity contribution in [1.82, 2.24) is 35.3 Å². The summed E-state index contributed by atoms with van der Waals surface area (Å²) >= 11 is 1.13. The van der Waals surface area contributed by atoms with Gasteiger partial charge in [-0.25, -0.2) is 22.9 Å². The first-order valence-electron chi connectivity index (χ1n) is 19.8. The van der Waals surface area contributed by atoms with Crippen molar-refractivity contribution < 1.29 is 50.1 Å². The summed E-state index contributed by atoms with van der Waals surface area (Å²) in [5.41, 5.74) is 0.941. The van der Waals surface area contributed by atoms with Crippen LogP contribution < -0.4 is 16.0 Å². The van der Waals surface area contributed by atoms with Crippen LogP contribution in [0.3, 0.4) is 0 Å². The van der Waals surface area contributed by atoms with Gasteiger partial charge in [-0.15, -0.1) is 0 Å². The summed E-state index contributed by atoms with van der Waals surface area (Å²) in [4.78, 5) is 59.9. The molecule has 1 aromatic heterocycles. The first-order chi connectivity index (χ1) is 28.6. The van der Waals surface area contributed by atoms with Crippen molar-refractivity contribution in [3.05, 3.63) is 77.8 Å². The lowest BCUT2D eigenvalue weighted by Crippen LogP contribution is -2.53. The van der Waals surface area contributed by atoms with Crippen molar-refractivity contribution >= 4 is 45.6 Å². The molecule has 6 rings (SSSR count). The van der Waals surface area contributed by atoms with Gasteiger partial charge in [0.05, 0.1) is 17.0 Å². The zero-order valence-corrected chi connectivity index (χ0v) is 34.9. The summed E-state index contributed by atoms with van der Waals surface area (Å²) in [6.07, 6.45) is 2.09. The van der Waals surface area contributed by atoms with Gasteiger partial charge in [0.1, 0.15) is 28.9 Å². The first kappa shape index (κ1) is 45.0. The third-order valence-electron chi connectivity index (χ3n) is 11.2. The second kappa shape index (κ2) is 19.9. The van der Waals surface area contributed by atoms with Gasteiger partial charge in [0.2, 0.25) is 17.7 Å². The number of aromatic nitrogens is 2. The molecule has 3 aliphatic rings. The fraction of sp³-hybridized carbons (Fsp3) is 0.525. The Hall–Kier alpha value is -4.50. The molecule has 3 aliphatic heterocycles. The smallest absolute Gasteiger partial charge is 0.318 e. The molecule has 3 fully saturated rings. The van der Waals surface area contributed by atoms with E-state index in [4.69, 9.17) is 9.72 Å². The number of benzene rings is 2. The van der Waals surface area contributed by atoms with Crippen LogP contribution in [0.15, 0.2) is 54.7 Å². The number of imide groups is 1. The van der Waals surface area contributed by atoms with Gasteiger partial charge < -0.3 is 30.2 Å². The van der Waals surface area contributed by atoms with E-state index < -0.39 is 93.1 Å². The minimum atomic E-state index is -4.88. The molecular formula is C40H50F3N7O8S2. The molecule has 4 heterocycles. The van der Waals surface area contributed by atoms with E-state index in [1.54, 1.807) is 23.9 Å². The lowest BCUT2D eigenvalue weighted by molar-refractivity contribution is -0.138. The van der Waals surface area contributed by atoms with Crippen molar-refractivity contribution in [2.45, 2.75) is 67.9 Å². The number of alkyl halides is 1. The molecule has 0 aliphatic carbocycles. The van der Waals surface area contributed by atoms with Crippen LogP contribution in [-0.2, 0) is 35.8 Å². The van der Waals surface area contributed by atoms with E-state index in [0.717, 1.165) is 40.4 Å². The third-order valence-corrected chi connectivity index (χ3v) is 13.2. The number of nitrogens with one attached hydrogen (secondary N) is 3. The number of hydrogen-bond donors (Lipinski definition) is 4. The molecule has 5 amide bonds. The van der Waals surface area contributed by atoms with Crippen molar-refractivity contribution in [2.24, 2.45) is 11.8 Å². The van der Waals surface area contributed by atoms with E-state index in [1.165, 1.54) is 4.90 Å². The Bertz CT molecular complexity index is 2130. The number of amides is 5. The quantitative estimate of drug-likeness (QED) is 0.115. The fourth-order valence-corrected chi connectivity index (χ4v) is 9.21. The van der Waals surface area contributed by atoms with Crippen molar-refractivity contribution in [3.8, 4) is 11.3 Å². The minimum absolute atomic E-state index is 0.0513. The molecule has 0 bridgehead atoms. The Morgan fingerprint density at radius 2 is 1.85 bits per heavy atom. The molecule has 0 radical (unpaired) electrons. The second-order valence-corrected chi connectivity index (χ2v) is 18.2. The van der Waals surface area contributed by atoms with Crippen molar-refractivity contribution in [1.29, 1.82) is 0 Å². The van der Waals surface area contributed by atoms with Gasteiger partial charge in [-0.3, -0.25) is 23.8 Å². The Labute approximate surface area is 350 Å². The number of likely N-dealkylation sites (tertiary alicyclic amines) is 1. The summed E-state index contributed by atoms with van der Waals surface area (Å²) in [5.74, 6) is -3.88. The van der Waals surface area contributed by atoms with Crippen LogP contribution in [0.2, 0.25) is 0 Å². The molecule has 6 atom stereocenters. The number of ether oxygens (including phenoxy) is 1. The highest BCUT2D eigenvalue weighted by Gasteiger charge is 2.43. The maximum atomic E-state index is 15.4. The number of carbonyl (C=O) groups is 4. The number of halogens is 3. The van der Waals surface area contributed by atoms with Gasteiger partial charge in [-0.2, -0.15) is 20.2 Å². The largest absolute Gasteiger partial charge is 0.381 e. The van der Waals surface area contributed by atoms with E-state index in [-0.39, 0.29) is 56.3 Å². The number of hydrogen-bond acceptors (Lipinski definition) is 10. The Morgan fingerprint density at radius 1 is 1.12 bits per heavy atom. The Balaban J connectivity index is 1.27. The van der Waals surface area contributed by atoms with Crippen LogP contribution in [0.5, 0.6) is 0 Å². The van der Waals surface area contributed by atoms with Crippen LogP contribution in [0, 0.1) is 23.5 Å². The molecule has 3 saturated heterocycles. The average molecular weight is 878 g/mol. The SMILES string of the molecule is CSC1CC(=O)N(CC(CC(=O)NC[C@H](C)NC(=O)N(C[C@@H]2CNC[C@@H]2F)[C@@H](c2nc(-c3cc(F)ccc3F)cn2Cc2ccccc2)C2CCOCC2)S(=O)(=O)O)C1=O. The van der Waals surface area contributed by atoms with Gasteiger partial charge in [-0.05, 0) is 55.7 Å². The highest BCUT2D eigenvalue weighted by Crippen LogP contribution is 2.38. The number of nitrogens with zero attached hydrogens (tertiary/aromatic N) is 4. The number of urea groups is 1. The van der Waals surface area contributed by atoms with Gasteiger partial charge in [0, 0.05) is 89.0 Å². The van der Waals surface area contributed by atoms with Crippen molar-refractivity contribution in [2.75, 3.05) is 52.2 Å². The summed E-state index contributed by atoms with van der Waals surface area (Å²) in [5, 5.41) is 6.01. The second-order valence-electron chi connectivity index (χ2n) is 15.5. The van der Waals surface area contributed by atoms with Crippen LogP contribution in [0.25, 0.3) is 11.3 Å². The Morgan fingerprint density at radius 3 is 2.50 bits per heavy atom. The lowest BCUT2D eigenvalue weighted by atomic mass is 9.89. The molecule has 3 aromatic rings. The molecule has 0 spiro atoms. The number of carbonyl (C=O) groups excluding carboxylic acids is 4. The monoisotopic (exact) mass is 877 g/mol. The standard InChI is InChI=1S/C40H50F3N7O8S2/c1-24(17-45-35(51)15-29(60(55,56)57)22-49-36(52)16-34(59-2)39(49)53)46-40(54)50(21-27-18-44-19-32(27)43)37(26-10-12-58-13-11-26)38-47-33(30-14-28(41)8-9-31(30)42)23-48(38)20-25-6-4-3-5-7-25/h3-9,14,23-24,26-27,29,32,34,37,44H,10-13,15-22H2,1-2H3,(H,45,51)(H,46,54)(H,55,56,57)/t24-,27-,29?,32-,34?,37+/m0/s1. The molecule has 2 aromatic carbocycles. The van der Waals surface area contributed by atoms with Crippen molar-refractivity contribution in [3.63, 3.8) is 0 Å². The predicted octanol–water partition coefficient (Wildman–Crippen LogP) is 3.56. The Kier molecular flexibility index (Phi) is 15.0. The van der Waals surface area contributed by atoms with Gasteiger partial charge in [0.15, 0.2) is 0 Å². The molecule has 0 saturated carbocycles. The van der Waals surface area contributed by atoms with Gasteiger partial charge >= 0.3 is 6.03 Å². The molecule has 4 N–H and O–H groups in total. The average Bonchev–Trinajstić information content (AvgIpc) is 3.90. The number of rotatable bonds is 17. The van der Waals surface area contributed by atoms with Crippen LogP contribution in [-0.4, -0.2) is 131 Å². The van der Waals surface area contributed by atoms with Crippen LogP contribution >= 0.6 is 11.8 Å². The highest BCUT2D eigenvalue weighted by atomic mass is 32.2. The maximum absolute atomic E-state index is 15.4. The predicted molar refractivity (Wildman–Crippen MR) is 217 cm³/mol. The molecule has 60 heavy (non-hydrogen) atoms. The summed E-state index contributed by atoms with van der Waals surface area (Å²) < 4.78 is 87.1. The molecule has 15 nitrogen and oxygen atoms in total. The number of imidazole rings is 1. The lowest BCUT2D eigenvalue weighted by Gasteiger charge is -2.40. The zero-order chi connectivity index (χ0) is 43.1. The maximum Gasteiger partial charge on any atom is 0.318 e. The molecular weight excluding hydrogens is 828 g/mol. The zero-order valence-electron chi connectivity index (χ0n) is 33.3.